The van der Waals surface area contributed by atoms with Crippen molar-refractivity contribution in [3.63, 3.8) is 0 Å². The number of fused-ring (bicyclic) bond motifs is 1. The van der Waals surface area contributed by atoms with Crippen LogP contribution in [0.15, 0.2) is 48.7 Å². The van der Waals surface area contributed by atoms with E-state index in [2.05, 4.69) is 10.2 Å². The van der Waals surface area contributed by atoms with Crippen LogP contribution in [-0.4, -0.2) is 52.6 Å². The molecular weight excluding hydrogens is 406 g/mol. The molecule has 2 aliphatic heterocycles. The number of ether oxygens (including phenoxy) is 2. The largest absolute Gasteiger partial charge is 0.497 e. The minimum absolute atomic E-state index is 0.0127. The van der Waals surface area contributed by atoms with Crippen molar-refractivity contribution in [2.45, 2.75) is 31.8 Å². The molecule has 1 amide bonds. The molecule has 0 aliphatic carbocycles. The highest BCUT2D eigenvalue weighted by Gasteiger charge is 2.44. The Hall–Kier alpha value is -3.61. The number of aromatic nitrogens is 2. The summed E-state index contributed by atoms with van der Waals surface area (Å²) in [5.74, 6) is 1.35. The SMILES string of the molecule is COc1cc(C)c2c(c1)OC1(CCN(C(=O)c3cccc(-c4ccn[nH]4)c3)CC1)CC2=O. The Morgan fingerprint density at radius 3 is 2.72 bits per heavy atom. The van der Waals surface area contributed by atoms with Crippen LogP contribution in [0, 0.1) is 6.92 Å². The third-order valence-corrected chi connectivity index (χ3v) is 6.48. The van der Waals surface area contributed by atoms with Crippen molar-refractivity contribution in [1.29, 1.82) is 0 Å². The first-order chi connectivity index (χ1) is 15.5. The molecule has 0 bridgehead atoms. The molecule has 32 heavy (non-hydrogen) atoms. The van der Waals surface area contributed by atoms with Gasteiger partial charge in [0.2, 0.25) is 0 Å². The van der Waals surface area contributed by atoms with E-state index in [0.717, 1.165) is 16.8 Å². The van der Waals surface area contributed by atoms with Crippen molar-refractivity contribution in [1.82, 2.24) is 15.1 Å². The summed E-state index contributed by atoms with van der Waals surface area (Å²) in [7, 11) is 1.60. The summed E-state index contributed by atoms with van der Waals surface area (Å²) in [5, 5.41) is 6.91. The molecule has 2 aromatic carbocycles. The third-order valence-electron chi connectivity index (χ3n) is 6.48. The Kier molecular flexibility index (Phi) is 4.96. The molecule has 2 aliphatic rings. The molecule has 1 N–H and O–H groups in total. The van der Waals surface area contributed by atoms with E-state index >= 15 is 0 Å². The molecule has 5 rings (SSSR count). The number of amides is 1. The maximum absolute atomic E-state index is 13.2. The van der Waals surface area contributed by atoms with Gasteiger partial charge in [-0.05, 0) is 36.8 Å². The molecule has 0 atom stereocenters. The Bertz CT molecular complexity index is 1180. The predicted octanol–water partition coefficient (Wildman–Crippen LogP) is 4.03. The summed E-state index contributed by atoms with van der Waals surface area (Å²) in [6, 6.07) is 13.1. The zero-order chi connectivity index (χ0) is 22.3. The van der Waals surface area contributed by atoms with Gasteiger partial charge >= 0.3 is 0 Å². The highest BCUT2D eigenvalue weighted by Crippen LogP contribution is 2.42. The predicted molar refractivity (Wildman–Crippen MR) is 119 cm³/mol. The van der Waals surface area contributed by atoms with Crippen LogP contribution in [0.5, 0.6) is 11.5 Å². The minimum Gasteiger partial charge on any atom is -0.497 e. The number of carbonyl (C=O) groups excluding carboxylic acids is 2. The summed E-state index contributed by atoms with van der Waals surface area (Å²) >= 11 is 0. The fourth-order valence-electron chi connectivity index (χ4n) is 4.74. The number of hydrogen-bond acceptors (Lipinski definition) is 5. The molecule has 1 saturated heterocycles. The van der Waals surface area contributed by atoms with Crippen LogP contribution in [0.3, 0.4) is 0 Å². The van der Waals surface area contributed by atoms with Crippen LogP contribution in [0.4, 0.5) is 0 Å². The van der Waals surface area contributed by atoms with Crippen LogP contribution >= 0.6 is 0 Å². The second-order valence-corrected chi connectivity index (χ2v) is 8.55. The molecule has 0 saturated carbocycles. The second-order valence-electron chi connectivity index (χ2n) is 8.55. The number of methoxy groups -OCH3 is 1. The van der Waals surface area contributed by atoms with Crippen molar-refractivity contribution < 1.29 is 19.1 Å². The Balaban J connectivity index is 1.32. The van der Waals surface area contributed by atoms with Gasteiger partial charge in [-0.15, -0.1) is 0 Å². The molecule has 164 valence electrons. The zero-order valence-electron chi connectivity index (χ0n) is 18.2. The van der Waals surface area contributed by atoms with Gasteiger partial charge in [-0.3, -0.25) is 14.7 Å². The Labute approximate surface area is 186 Å². The lowest BCUT2D eigenvalue weighted by Crippen LogP contribution is -2.52. The van der Waals surface area contributed by atoms with E-state index in [1.165, 1.54) is 0 Å². The Morgan fingerprint density at radius 1 is 1.19 bits per heavy atom. The molecule has 0 radical (unpaired) electrons. The molecular formula is C25H25N3O4. The quantitative estimate of drug-likeness (QED) is 0.677. The van der Waals surface area contributed by atoms with Crippen molar-refractivity contribution in [3.8, 4) is 22.8 Å². The smallest absolute Gasteiger partial charge is 0.253 e. The Morgan fingerprint density at radius 2 is 2.00 bits per heavy atom. The van der Waals surface area contributed by atoms with E-state index < -0.39 is 5.60 Å². The number of likely N-dealkylation sites (tertiary alicyclic amines) is 1. The normalized spacial score (nSPS) is 17.1. The lowest BCUT2D eigenvalue weighted by atomic mass is 9.81. The first-order valence-corrected chi connectivity index (χ1v) is 10.8. The van der Waals surface area contributed by atoms with E-state index in [1.807, 2.05) is 48.2 Å². The lowest BCUT2D eigenvalue weighted by molar-refractivity contribution is -0.00588. The van der Waals surface area contributed by atoms with Gasteiger partial charge in [-0.25, -0.2) is 0 Å². The van der Waals surface area contributed by atoms with Crippen LogP contribution in [0.2, 0.25) is 0 Å². The van der Waals surface area contributed by atoms with E-state index in [1.54, 1.807) is 19.4 Å². The second kappa shape index (κ2) is 7.82. The number of nitrogens with one attached hydrogen (secondary N) is 1. The molecule has 1 spiro atoms. The standard InChI is InChI=1S/C25H25N3O4/c1-16-12-19(31-2)14-22-23(16)21(29)15-25(32-22)7-10-28(11-8-25)24(30)18-5-3-4-17(13-18)20-6-9-26-27-20/h3-6,9,12-14H,7-8,10-11,15H2,1-2H3,(H,26,27). The van der Waals surface area contributed by atoms with Gasteiger partial charge in [-0.2, -0.15) is 5.10 Å². The monoisotopic (exact) mass is 431 g/mol. The average molecular weight is 431 g/mol. The van der Waals surface area contributed by atoms with Gasteiger partial charge in [0.15, 0.2) is 5.78 Å². The summed E-state index contributed by atoms with van der Waals surface area (Å²) in [6.45, 7) is 2.98. The molecule has 3 heterocycles. The van der Waals surface area contributed by atoms with E-state index in [0.29, 0.717) is 55.0 Å². The van der Waals surface area contributed by atoms with Crippen molar-refractivity contribution in [2.75, 3.05) is 20.2 Å². The summed E-state index contributed by atoms with van der Waals surface area (Å²) in [5.41, 5.74) is 3.37. The van der Waals surface area contributed by atoms with E-state index in [9.17, 15) is 9.59 Å². The molecule has 1 fully saturated rings. The number of H-pyrrole nitrogens is 1. The molecule has 7 nitrogen and oxygen atoms in total. The highest BCUT2D eigenvalue weighted by molar-refractivity contribution is 6.02. The first-order valence-electron chi connectivity index (χ1n) is 10.8. The number of Topliss-reactive ketones (excluding diaryl/α,β-unsaturated/α-hetero) is 1. The highest BCUT2D eigenvalue weighted by atomic mass is 16.5. The molecule has 3 aromatic rings. The fourth-order valence-corrected chi connectivity index (χ4v) is 4.74. The van der Waals surface area contributed by atoms with E-state index in [4.69, 9.17) is 9.47 Å². The van der Waals surface area contributed by atoms with Gasteiger partial charge < -0.3 is 14.4 Å². The number of benzene rings is 2. The number of rotatable bonds is 3. The summed E-state index contributed by atoms with van der Waals surface area (Å²) < 4.78 is 11.8. The number of piperidine rings is 1. The van der Waals surface area contributed by atoms with Crippen molar-refractivity contribution in [3.05, 3.63) is 65.4 Å². The van der Waals surface area contributed by atoms with Crippen LogP contribution in [-0.2, 0) is 0 Å². The topological polar surface area (TPSA) is 84.5 Å². The van der Waals surface area contributed by atoms with Crippen molar-refractivity contribution in [2.24, 2.45) is 0 Å². The maximum atomic E-state index is 13.2. The lowest BCUT2D eigenvalue weighted by Gasteiger charge is -2.44. The van der Waals surface area contributed by atoms with E-state index in [-0.39, 0.29) is 11.7 Å². The van der Waals surface area contributed by atoms with Gasteiger partial charge in [0.1, 0.15) is 17.1 Å². The molecule has 7 heteroatoms. The number of nitrogens with zero attached hydrogens (tertiary/aromatic N) is 2. The zero-order valence-corrected chi connectivity index (χ0v) is 18.2. The van der Waals surface area contributed by atoms with Gasteiger partial charge in [0, 0.05) is 49.3 Å². The molecule has 1 aromatic heterocycles. The van der Waals surface area contributed by atoms with Gasteiger partial charge in [-0.1, -0.05) is 12.1 Å². The molecule has 0 unspecified atom stereocenters. The number of hydrogen-bond donors (Lipinski definition) is 1. The number of carbonyl (C=O) groups is 2. The number of aromatic amines is 1. The van der Waals surface area contributed by atoms with Gasteiger partial charge in [0.05, 0.1) is 24.8 Å². The fraction of sp³-hybridized carbons (Fsp3) is 0.320. The number of ketones is 1. The maximum Gasteiger partial charge on any atom is 0.253 e. The average Bonchev–Trinajstić information content (AvgIpc) is 3.33. The van der Waals surface area contributed by atoms with Crippen LogP contribution in [0.25, 0.3) is 11.3 Å². The number of aryl methyl sites for hydroxylation is 1. The summed E-state index contributed by atoms with van der Waals surface area (Å²) in [6.07, 6.45) is 3.25. The third kappa shape index (κ3) is 3.53. The van der Waals surface area contributed by atoms with Crippen molar-refractivity contribution >= 4 is 11.7 Å². The van der Waals surface area contributed by atoms with Crippen LogP contribution < -0.4 is 9.47 Å². The van der Waals surface area contributed by atoms with Gasteiger partial charge in [0.25, 0.3) is 5.91 Å². The first kappa shape index (κ1) is 20.3. The van der Waals surface area contributed by atoms with Crippen LogP contribution in [0.1, 0.15) is 45.5 Å². The summed E-state index contributed by atoms with van der Waals surface area (Å²) in [4.78, 5) is 28.0. The minimum atomic E-state index is -0.572.